The fourth-order valence-electron chi connectivity index (χ4n) is 2.42. The van der Waals surface area contributed by atoms with Gasteiger partial charge in [0.05, 0.1) is 12.9 Å². The molecule has 0 aliphatic rings. The van der Waals surface area contributed by atoms with Crippen molar-refractivity contribution in [2.24, 2.45) is 0 Å². The Morgan fingerprint density at radius 2 is 2.12 bits per heavy atom. The second-order valence-electron chi connectivity index (χ2n) is 5.55. The molecule has 3 rings (SSSR count). The van der Waals surface area contributed by atoms with E-state index in [1.54, 1.807) is 7.11 Å². The molecule has 2 aromatic heterocycles. The molecule has 0 fully saturated rings. The van der Waals surface area contributed by atoms with E-state index in [1.807, 2.05) is 0 Å². The van der Waals surface area contributed by atoms with Crippen molar-refractivity contribution in [1.82, 2.24) is 20.0 Å². The lowest BCUT2D eigenvalue weighted by Crippen LogP contribution is -2.29. The predicted molar refractivity (Wildman–Crippen MR) is 91.0 cm³/mol. The number of methoxy groups -OCH3 is 1. The van der Waals surface area contributed by atoms with Gasteiger partial charge in [-0.1, -0.05) is 5.16 Å². The number of rotatable bonds is 7. The molecule has 0 radical (unpaired) electrons. The van der Waals surface area contributed by atoms with E-state index in [1.165, 1.54) is 35.2 Å². The summed E-state index contributed by atoms with van der Waals surface area (Å²) in [6, 6.07) is 5.65. The molecule has 0 unspecified atom stereocenters. The largest absolute Gasteiger partial charge is 0.383 e. The molecule has 2 heterocycles. The quantitative estimate of drug-likeness (QED) is 0.639. The van der Waals surface area contributed by atoms with Crippen LogP contribution in [0.3, 0.4) is 0 Å². The number of amides is 1. The van der Waals surface area contributed by atoms with Crippen molar-refractivity contribution < 1.29 is 18.4 Å². The number of nitrogens with zero attached hydrogens (tertiary/aromatic N) is 3. The number of hydrogen-bond acceptors (Lipinski definition) is 6. The van der Waals surface area contributed by atoms with Crippen LogP contribution in [-0.2, 0) is 16.1 Å². The average Bonchev–Trinajstić information content (AvgIpc) is 3.07. The minimum atomic E-state index is -0.430. The van der Waals surface area contributed by atoms with Gasteiger partial charge in [0.15, 0.2) is 0 Å². The van der Waals surface area contributed by atoms with Crippen LogP contribution in [0, 0.1) is 5.82 Å². The first-order chi connectivity index (χ1) is 12.6. The summed E-state index contributed by atoms with van der Waals surface area (Å²) < 4.78 is 24.3. The van der Waals surface area contributed by atoms with Crippen LogP contribution in [0.1, 0.15) is 6.42 Å². The Hall–Kier alpha value is -3.07. The molecular formula is C17H17FN4O4. The SMILES string of the molecule is COCCNC(=O)CCn1cnc2c(-c3ccc(F)cc3)noc2c1=O. The van der Waals surface area contributed by atoms with Gasteiger partial charge in [-0.05, 0) is 24.3 Å². The monoisotopic (exact) mass is 360 g/mol. The Morgan fingerprint density at radius 1 is 1.35 bits per heavy atom. The number of benzene rings is 1. The Kier molecular flexibility index (Phi) is 5.37. The molecule has 1 N–H and O–H groups in total. The topological polar surface area (TPSA) is 99.2 Å². The molecule has 0 saturated heterocycles. The standard InChI is InChI=1S/C17H17FN4O4/c1-25-9-7-19-13(23)6-8-22-10-20-15-14(21-26-16(15)17(22)24)11-2-4-12(18)5-3-11/h2-5,10H,6-9H2,1H3,(H,19,23). The third-order valence-corrected chi connectivity index (χ3v) is 3.77. The molecule has 0 atom stereocenters. The van der Waals surface area contributed by atoms with Crippen molar-refractivity contribution in [3.8, 4) is 11.3 Å². The van der Waals surface area contributed by atoms with E-state index in [0.29, 0.717) is 29.9 Å². The smallest absolute Gasteiger partial charge is 0.299 e. The molecule has 0 spiro atoms. The molecule has 136 valence electrons. The van der Waals surface area contributed by atoms with Gasteiger partial charge >= 0.3 is 0 Å². The second kappa shape index (κ2) is 7.87. The van der Waals surface area contributed by atoms with Gasteiger partial charge in [-0.25, -0.2) is 9.37 Å². The fraction of sp³-hybridized carbons (Fsp3) is 0.294. The molecule has 8 nitrogen and oxygen atoms in total. The van der Waals surface area contributed by atoms with E-state index in [9.17, 15) is 14.0 Å². The summed E-state index contributed by atoms with van der Waals surface area (Å²) in [4.78, 5) is 28.4. The average molecular weight is 360 g/mol. The predicted octanol–water partition coefficient (Wildman–Crippen LogP) is 1.34. The Bertz CT molecular complexity index is 965. The van der Waals surface area contributed by atoms with Crippen molar-refractivity contribution >= 4 is 17.0 Å². The summed E-state index contributed by atoms with van der Waals surface area (Å²) in [5, 5.41) is 6.55. The van der Waals surface area contributed by atoms with Gasteiger partial charge < -0.3 is 14.6 Å². The number of nitrogens with one attached hydrogen (secondary N) is 1. The lowest BCUT2D eigenvalue weighted by atomic mass is 10.1. The highest BCUT2D eigenvalue weighted by atomic mass is 19.1. The zero-order valence-corrected chi connectivity index (χ0v) is 14.1. The minimum absolute atomic E-state index is 0.00776. The van der Waals surface area contributed by atoms with Crippen LogP contribution in [0.2, 0.25) is 0 Å². The number of carbonyl (C=O) groups is 1. The molecule has 9 heteroatoms. The third kappa shape index (κ3) is 3.77. The van der Waals surface area contributed by atoms with Gasteiger partial charge in [-0.3, -0.25) is 14.2 Å². The summed E-state index contributed by atoms with van der Waals surface area (Å²) >= 11 is 0. The van der Waals surface area contributed by atoms with Crippen LogP contribution < -0.4 is 10.9 Å². The summed E-state index contributed by atoms with van der Waals surface area (Å²) in [6.07, 6.45) is 1.47. The van der Waals surface area contributed by atoms with Crippen LogP contribution in [0.5, 0.6) is 0 Å². The molecule has 1 amide bonds. The first-order valence-electron chi connectivity index (χ1n) is 7.96. The van der Waals surface area contributed by atoms with Gasteiger partial charge in [0.1, 0.15) is 17.0 Å². The van der Waals surface area contributed by atoms with Gasteiger partial charge in [-0.2, -0.15) is 0 Å². The van der Waals surface area contributed by atoms with Crippen molar-refractivity contribution in [2.75, 3.05) is 20.3 Å². The van der Waals surface area contributed by atoms with E-state index >= 15 is 0 Å². The molecule has 26 heavy (non-hydrogen) atoms. The van der Waals surface area contributed by atoms with E-state index in [2.05, 4.69) is 15.5 Å². The number of ether oxygens (including phenoxy) is 1. The summed E-state index contributed by atoms with van der Waals surface area (Å²) in [5.41, 5.74) is 0.809. The summed E-state index contributed by atoms with van der Waals surface area (Å²) in [6.45, 7) is 0.987. The number of fused-ring (bicyclic) bond motifs is 1. The maximum Gasteiger partial charge on any atom is 0.299 e. The number of aryl methyl sites for hydroxylation is 1. The first-order valence-corrected chi connectivity index (χ1v) is 7.96. The highest BCUT2D eigenvalue weighted by Gasteiger charge is 2.16. The van der Waals surface area contributed by atoms with Crippen molar-refractivity contribution in [1.29, 1.82) is 0 Å². The molecule has 0 aliphatic carbocycles. The normalized spacial score (nSPS) is 11.0. The summed E-state index contributed by atoms with van der Waals surface area (Å²) in [5.74, 6) is -0.570. The van der Waals surface area contributed by atoms with E-state index < -0.39 is 5.56 Å². The second-order valence-corrected chi connectivity index (χ2v) is 5.55. The molecule has 3 aromatic rings. The van der Waals surface area contributed by atoms with Gasteiger partial charge in [0.25, 0.3) is 11.1 Å². The lowest BCUT2D eigenvalue weighted by molar-refractivity contribution is -0.121. The van der Waals surface area contributed by atoms with Crippen LogP contribution in [-0.4, -0.2) is 40.9 Å². The molecule has 0 aliphatic heterocycles. The van der Waals surface area contributed by atoms with E-state index in [-0.39, 0.29) is 30.3 Å². The fourth-order valence-corrected chi connectivity index (χ4v) is 2.42. The molecule has 0 saturated carbocycles. The van der Waals surface area contributed by atoms with Gasteiger partial charge in [0, 0.05) is 32.2 Å². The van der Waals surface area contributed by atoms with Crippen molar-refractivity contribution in [3.05, 3.63) is 46.8 Å². The van der Waals surface area contributed by atoms with E-state index in [4.69, 9.17) is 9.26 Å². The van der Waals surface area contributed by atoms with Crippen LogP contribution in [0.25, 0.3) is 22.4 Å². The van der Waals surface area contributed by atoms with Crippen LogP contribution >= 0.6 is 0 Å². The number of carbonyl (C=O) groups excluding carboxylic acids is 1. The molecule has 0 bridgehead atoms. The van der Waals surface area contributed by atoms with Crippen LogP contribution in [0.4, 0.5) is 4.39 Å². The molecule has 1 aromatic carbocycles. The van der Waals surface area contributed by atoms with Gasteiger partial charge in [-0.15, -0.1) is 0 Å². The van der Waals surface area contributed by atoms with Crippen LogP contribution in [0.15, 0.2) is 39.9 Å². The number of aromatic nitrogens is 3. The first kappa shape index (κ1) is 17.7. The van der Waals surface area contributed by atoms with Gasteiger partial charge in [0.2, 0.25) is 5.91 Å². The Labute approximate surface area is 147 Å². The van der Waals surface area contributed by atoms with Crippen molar-refractivity contribution in [2.45, 2.75) is 13.0 Å². The summed E-state index contributed by atoms with van der Waals surface area (Å²) in [7, 11) is 1.55. The highest BCUT2D eigenvalue weighted by Crippen LogP contribution is 2.24. The highest BCUT2D eigenvalue weighted by molar-refractivity contribution is 5.87. The maximum atomic E-state index is 13.1. The molecular weight excluding hydrogens is 343 g/mol. The number of hydrogen-bond donors (Lipinski definition) is 1. The Balaban J connectivity index is 1.78. The number of halogens is 1. The lowest BCUT2D eigenvalue weighted by Gasteiger charge is -2.06. The zero-order chi connectivity index (χ0) is 18.5. The third-order valence-electron chi connectivity index (χ3n) is 3.77. The minimum Gasteiger partial charge on any atom is -0.383 e. The maximum absolute atomic E-state index is 13.1. The van der Waals surface area contributed by atoms with E-state index in [0.717, 1.165) is 0 Å². The Morgan fingerprint density at radius 3 is 2.85 bits per heavy atom. The zero-order valence-electron chi connectivity index (χ0n) is 14.1. The van der Waals surface area contributed by atoms with Crippen molar-refractivity contribution in [3.63, 3.8) is 0 Å².